The first-order valence-electron chi connectivity index (χ1n) is 6.88. The highest BCUT2D eigenvalue weighted by molar-refractivity contribution is 5.98. The van der Waals surface area contributed by atoms with E-state index >= 15 is 0 Å². The summed E-state index contributed by atoms with van der Waals surface area (Å²) in [7, 11) is 1.34. The number of ketones is 1. The molecule has 21 heavy (non-hydrogen) atoms. The van der Waals surface area contributed by atoms with Crippen molar-refractivity contribution in [3.63, 3.8) is 0 Å². The Kier molecular flexibility index (Phi) is 4.88. The van der Waals surface area contributed by atoms with E-state index < -0.39 is 5.97 Å². The molecule has 2 aromatic rings. The molecule has 0 unspecified atom stereocenters. The summed E-state index contributed by atoms with van der Waals surface area (Å²) in [5.41, 5.74) is 2.22. The zero-order valence-electron chi connectivity index (χ0n) is 12.2. The van der Waals surface area contributed by atoms with Crippen molar-refractivity contribution in [3.8, 4) is 0 Å². The summed E-state index contributed by atoms with van der Waals surface area (Å²) in [6, 6.07) is 16.5. The maximum atomic E-state index is 12.3. The highest BCUT2D eigenvalue weighted by Gasteiger charge is 2.13. The number of esters is 1. The number of Topliss-reactive ketones (excluding diaryl/α,β-unsaturated/α-hetero) is 1. The predicted octanol–water partition coefficient (Wildman–Crippen LogP) is 3.85. The fourth-order valence-corrected chi connectivity index (χ4v) is 2.21. The van der Waals surface area contributed by atoms with Gasteiger partial charge in [0.05, 0.1) is 12.7 Å². The molecule has 0 heterocycles. The quantitative estimate of drug-likeness (QED) is 0.618. The van der Waals surface area contributed by atoms with Crippen LogP contribution in [-0.2, 0) is 4.74 Å². The van der Waals surface area contributed by atoms with Crippen LogP contribution in [0.2, 0.25) is 0 Å². The third-order valence-corrected chi connectivity index (χ3v) is 3.49. The molecule has 0 N–H and O–H groups in total. The van der Waals surface area contributed by atoms with Gasteiger partial charge in [-0.25, -0.2) is 4.79 Å². The summed E-state index contributed by atoms with van der Waals surface area (Å²) >= 11 is 0. The molecule has 0 aliphatic rings. The monoisotopic (exact) mass is 282 g/mol. The van der Waals surface area contributed by atoms with Gasteiger partial charge in [-0.05, 0) is 23.6 Å². The zero-order valence-corrected chi connectivity index (χ0v) is 12.2. The molecule has 0 radical (unpaired) electrons. The lowest BCUT2D eigenvalue weighted by Crippen LogP contribution is -2.06. The van der Waals surface area contributed by atoms with E-state index in [0.29, 0.717) is 17.5 Å². The average Bonchev–Trinajstić information content (AvgIpc) is 2.55. The number of carbonyl (C=O) groups is 2. The van der Waals surface area contributed by atoms with Crippen molar-refractivity contribution >= 4 is 11.8 Å². The molecule has 2 aromatic carbocycles. The SMILES string of the molecule is COC(=O)c1ccc(C(=O)C[C@H](C)c2ccccc2)cc1. The fourth-order valence-electron chi connectivity index (χ4n) is 2.21. The number of benzene rings is 2. The van der Waals surface area contributed by atoms with Crippen LogP contribution >= 0.6 is 0 Å². The van der Waals surface area contributed by atoms with Gasteiger partial charge in [0, 0.05) is 12.0 Å². The molecule has 108 valence electrons. The van der Waals surface area contributed by atoms with Crippen molar-refractivity contribution in [2.24, 2.45) is 0 Å². The Hall–Kier alpha value is -2.42. The van der Waals surface area contributed by atoms with Crippen LogP contribution in [0.25, 0.3) is 0 Å². The molecule has 0 aromatic heterocycles. The van der Waals surface area contributed by atoms with Gasteiger partial charge in [-0.3, -0.25) is 4.79 Å². The van der Waals surface area contributed by atoms with Gasteiger partial charge < -0.3 is 4.74 Å². The standard InChI is InChI=1S/C18H18O3/c1-13(14-6-4-3-5-7-14)12-17(19)15-8-10-16(11-9-15)18(20)21-2/h3-11,13H,12H2,1-2H3/t13-/m0/s1. The summed E-state index contributed by atoms with van der Waals surface area (Å²) < 4.78 is 4.64. The van der Waals surface area contributed by atoms with Gasteiger partial charge >= 0.3 is 5.97 Å². The molecule has 0 saturated heterocycles. The number of hydrogen-bond donors (Lipinski definition) is 0. The Morgan fingerprint density at radius 1 is 0.952 bits per heavy atom. The highest BCUT2D eigenvalue weighted by Crippen LogP contribution is 2.21. The summed E-state index contributed by atoms with van der Waals surface area (Å²) in [6.07, 6.45) is 0.446. The van der Waals surface area contributed by atoms with Crippen LogP contribution in [0.15, 0.2) is 54.6 Å². The Morgan fingerprint density at radius 2 is 1.52 bits per heavy atom. The molecule has 0 fully saturated rings. The van der Waals surface area contributed by atoms with E-state index in [0.717, 1.165) is 5.56 Å². The second-order valence-corrected chi connectivity index (χ2v) is 5.01. The molecule has 1 atom stereocenters. The minimum atomic E-state index is -0.397. The first kappa shape index (κ1) is 15.0. The third kappa shape index (κ3) is 3.78. The minimum absolute atomic E-state index is 0.0720. The molecule has 0 bridgehead atoms. The first-order valence-corrected chi connectivity index (χ1v) is 6.88. The molecule has 0 aliphatic heterocycles. The zero-order chi connectivity index (χ0) is 15.2. The second-order valence-electron chi connectivity index (χ2n) is 5.01. The number of rotatable bonds is 5. The lowest BCUT2D eigenvalue weighted by atomic mass is 9.93. The maximum absolute atomic E-state index is 12.3. The van der Waals surface area contributed by atoms with Crippen LogP contribution in [0.4, 0.5) is 0 Å². The fraction of sp³-hybridized carbons (Fsp3) is 0.222. The topological polar surface area (TPSA) is 43.4 Å². The van der Waals surface area contributed by atoms with Crippen LogP contribution in [0.1, 0.15) is 45.5 Å². The van der Waals surface area contributed by atoms with E-state index in [-0.39, 0.29) is 11.7 Å². The van der Waals surface area contributed by atoms with Gasteiger partial charge in [0.2, 0.25) is 0 Å². The lowest BCUT2D eigenvalue weighted by Gasteiger charge is -2.11. The van der Waals surface area contributed by atoms with Crippen molar-refractivity contribution in [1.82, 2.24) is 0 Å². The number of ether oxygens (including phenoxy) is 1. The Morgan fingerprint density at radius 3 is 2.10 bits per heavy atom. The number of carbonyl (C=O) groups excluding carboxylic acids is 2. The van der Waals surface area contributed by atoms with Gasteiger partial charge in [-0.2, -0.15) is 0 Å². The number of methoxy groups -OCH3 is 1. The predicted molar refractivity (Wildman–Crippen MR) is 81.6 cm³/mol. The Labute approximate surface area is 124 Å². The summed E-state index contributed by atoms with van der Waals surface area (Å²) in [4.78, 5) is 23.6. The van der Waals surface area contributed by atoms with Crippen molar-refractivity contribution in [1.29, 1.82) is 0 Å². The van der Waals surface area contributed by atoms with Crippen molar-refractivity contribution in [3.05, 3.63) is 71.3 Å². The third-order valence-electron chi connectivity index (χ3n) is 3.49. The van der Waals surface area contributed by atoms with Gasteiger partial charge in [0.25, 0.3) is 0 Å². The summed E-state index contributed by atoms with van der Waals surface area (Å²) in [5.74, 6) is -0.159. The van der Waals surface area contributed by atoms with Crippen molar-refractivity contribution in [2.75, 3.05) is 7.11 Å². The first-order chi connectivity index (χ1) is 10.1. The molecule has 0 saturated carbocycles. The molecular weight excluding hydrogens is 264 g/mol. The van der Waals surface area contributed by atoms with Crippen LogP contribution in [0.5, 0.6) is 0 Å². The summed E-state index contributed by atoms with van der Waals surface area (Å²) in [6.45, 7) is 2.04. The maximum Gasteiger partial charge on any atom is 0.337 e. The average molecular weight is 282 g/mol. The largest absolute Gasteiger partial charge is 0.465 e. The molecule has 3 heteroatoms. The van der Waals surface area contributed by atoms with E-state index in [1.54, 1.807) is 24.3 Å². The van der Waals surface area contributed by atoms with E-state index in [4.69, 9.17) is 0 Å². The second kappa shape index (κ2) is 6.84. The van der Waals surface area contributed by atoms with Crippen LogP contribution < -0.4 is 0 Å². The van der Waals surface area contributed by atoms with Crippen molar-refractivity contribution in [2.45, 2.75) is 19.3 Å². The summed E-state index contributed by atoms with van der Waals surface area (Å²) in [5, 5.41) is 0. The van der Waals surface area contributed by atoms with E-state index in [9.17, 15) is 9.59 Å². The molecular formula is C18H18O3. The van der Waals surface area contributed by atoms with Crippen LogP contribution in [0, 0.1) is 0 Å². The Bertz CT molecular complexity index is 615. The van der Waals surface area contributed by atoms with E-state index in [1.165, 1.54) is 7.11 Å². The van der Waals surface area contributed by atoms with Gasteiger partial charge in [-0.15, -0.1) is 0 Å². The van der Waals surface area contributed by atoms with Crippen LogP contribution in [0.3, 0.4) is 0 Å². The Balaban J connectivity index is 2.05. The molecule has 3 nitrogen and oxygen atoms in total. The smallest absolute Gasteiger partial charge is 0.337 e. The van der Waals surface area contributed by atoms with Gasteiger partial charge in [-0.1, -0.05) is 49.4 Å². The molecule has 0 aliphatic carbocycles. The van der Waals surface area contributed by atoms with Gasteiger partial charge in [0.1, 0.15) is 0 Å². The number of hydrogen-bond acceptors (Lipinski definition) is 3. The van der Waals surface area contributed by atoms with E-state index in [2.05, 4.69) is 4.74 Å². The van der Waals surface area contributed by atoms with Crippen LogP contribution in [-0.4, -0.2) is 18.9 Å². The molecule has 0 spiro atoms. The van der Waals surface area contributed by atoms with Crippen molar-refractivity contribution < 1.29 is 14.3 Å². The lowest BCUT2D eigenvalue weighted by molar-refractivity contribution is 0.0600. The van der Waals surface area contributed by atoms with Gasteiger partial charge in [0.15, 0.2) is 5.78 Å². The molecule has 2 rings (SSSR count). The van der Waals surface area contributed by atoms with E-state index in [1.807, 2.05) is 37.3 Å². The molecule has 0 amide bonds. The highest BCUT2D eigenvalue weighted by atomic mass is 16.5. The minimum Gasteiger partial charge on any atom is -0.465 e. The normalized spacial score (nSPS) is 11.7.